The third-order valence-corrected chi connectivity index (χ3v) is 4.33. The van der Waals surface area contributed by atoms with Gasteiger partial charge in [-0.2, -0.15) is 0 Å². The Kier molecular flexibility index (Phi) is 5.01. The third kappa shape index (κ3) is 3.23. The summed E-state index contributed by atoms with van der Waals surface area (Å²) in [5, 5.41) is 12.3. The fourth-order valence-electron chi connectivity index (χ4n) is 3.34. The molecule has 2 saturated heterocycles. The highest BCUT2D eigenvalue weighted by atomic mass is 16.3. The highest BCUT2D eigenvalue weighted by Gasteiger charge is 2.34. The van der Waals surface area contributed by atoms with Gasteiger partial charge in [0.25, 0.3) is 0 Å². The van der Waals surface area contributed by atoms with Gasteiger partial charge in [-0.15, -0.1) is 0 Å². The maximum Gasteiger partial charge on any atom is 0.226 e. The summed E-state index contributed by atoms with van der Waals surface area (Å²) in [7, 11) is 0. The molecule has 2 aliphatic heterocycles. The minimum absolute atomic E-state index is 0.218. The molecule has 0 aliphatic carbocycles. The molecule has 0 spiro atoms. The smallest absolute Gasteiger partial charge is 0.226 e. The Balaban J connectivity index is 1.90. The van der Waals surface area contributed by atoms with Gasteiger partial charge < -0.3 is 15.3 Å². The van der Waals surface area contributed by atoms with Gasteiger partial charge >= 0.3 is 0 Å². The highest BCUT2D eigenvalue weighted by molar-refractivity contribution is 5.79. The Morgan fingerprint density at radius 1 is 1.44 bits per heavy atom. The van der Waals surface area contributed by atoms with Crippen LogP contribution in [0.1, 0.15) is 45.4 Å². The van der Waals surface area contributed by atoms with Crippen LogP contribution in [0.3, 0.4) is 0 Å². The van der Waals surface area contributed by atoms with Crippen molar-refractivity contribution in [1.82, 2.24) is 10.2 Å². The van der Waals surface area contributed by atoms with Crippen molar-refractivity contribution >= 4 is 5.91 Å². The molecule has 4 heteroatoms. The summed E-state index contributed by atoms with van der Waals surface area (Å²) in [6, 6.07) is 0.848. The lowest BCUT2D eigenvalue weighted by Crippen LogP contribution is -2.45. The molecular weight excluding hydrogens is 228 g/mol. The number of hydrogen-bond donors (Lipinski definition) is 2. The van der Waals surface area contributed by atoms with E-state index in [1.165, 1.54) is 0 Å². The SMILES string of the molecule is CC1CC(C(=O)N2CCCC2CCCO)CCN1. The van der Waals surface area contributed by atoms with Crippen molar-refractivity contribution < 1.29 is 9.90 Å². The van der Waals surface area contributed by atoms with Crippen molar-refractivity contribution in [3.05, 3.63) is 0 Å². The number of aliphatic hydroxyl groups is 1. The van der Waals surface area contributed by atoms with Gasteiger partial charge in [-0.1, -0.05) is 0 Å². The zero-order valence-corrected chi connectivity index (χ0v) is 11.4. The van der Waals surface area contributed by atoms with Gasteiger partial charge in [-0.25, -0.2) is 0 Å². The molecule has 18 heavy (non-hydrogen) atoms. The van der Waals surface area contributed by atoms with E-state index >= 15 is 0 Å². The summed E-state index contributed by atoms with van der Waals surface area (Å²) in [6.45, 7) is 4.29. The highest BCUT2D eigenvalue weighted by Crippen LogP contribution is 2.26. The molecule has 1 amide bonds. The maximum atomic E-state index is 12.6. The van der Waals surface area contributed by atoms with E-state index < -0.39 is 0 Å². The van der Waals surface area contributed by atoms with E-state index in [1.807, 2.05) is 0 Å². The largest absolute Gasteiger partial charge is 0.396 e. The Bertz CT molecular complexity index is 283. The zero-order chi connectivity index (χ0) is 13.0. The second-order valence-corrected chi connectivity index (χ2v) is 5.77. The Morgan fingerprint density at radius 3 is 3.00 bits per heavy atom. The predicted molar refractivity (Wildman–Crippen MR) is 71.2 cm³/mol. The minimum atomic E-state index is 0.218. The van der Waals surface area contributed by atoms with Gasteiger partial charge in [0.15, 0.2) is 0 Å². The van der Waals surface area contributed by atoms with E-state index in [1.54, 1.807) is 0 Å². The van der Waals surface area contributed by atoms with Crippen LogP contribution in [0.4, 0.5) is 0 Å². The van der Waals surface area contributed by atoms with Gasteiger partial charge in [0.05, 0.1) is 0 Å². The first kappa shape index (κ1) is 13.8. The van der Waals surface area contributed by atoms with E-state index in [4.69, 9.17) is 5.11 Å². The summed E-state index contributed by atoms with van der Waals surface area (Å²) in [6.07, 6.45) is 5.98. The number of rotatable bonds is 4. The number of carbonyl (C=O) groups is 1. The topological polar surface area (TPSA) is 52.6 Å². The van der Waals surface area contributed by atoms with Crippen molar-refractivity contribution in [3.63, 3.8) is 0 Å². The molecule has 3 unspecified atom stereocenters. The molecule has 4 nitrogen and oxygen atoms in total. The molecule has 0 radical (unpaired) electrons. The molecule has 2 N–H and O–H groups in total. The Morgan fingerprint density at radius 2 is 2.28 bits per heavy atom. The summed E-state index contributed by atoms with van der Waals surface area (Å²) in [4.78, 5) is 14.7. The van der Waals surface area contributed by atoms with Crippen LogP contribution in [0.25, 0.3) is 0 Å². The van der Waals surface area contributed by atoms with E-state index in [2.05, 4.69) is 17.1 Å². The van der Waals surface area contributed by atoms with Crippen LogP contribution in [-0.4, -0.2) is 47.7 Å². The molecule has 0 aromatic carbocycles. The maximum absolute atomic E-state index is 12.6. The van der Waals surface area contributed by atoms with Gasteiger partial charge in [-0.3, -0.25) is 4.79 Å². The number of nitrogens with one attached hydrogen (secondary N) is 1. The lowest BCUT2D eigenvalue weighted by molar-refractivity contribution is -0.137. The van der Waals surface area contributed by atoms with Crippen molar-refractivity contribution in [2.24, 2.45) is 5.92 Å². The molecule has 2 heterocycles. The van der Waals surface area contributed by atoms with Gasteiger partial charge in [0.1, 0.15) is 0 Å². The number of likely N-dealkylation sites (tertiary alicyclic amines) is 1. The number of amides is 1. The van der Waals surface area contributed by atoms with Crippen molar-refractivity contribution in [2.45, 2.75) is 57.5 Å². The fraction of sp³-hybridized carbons (Fsp3) is 0.929. The van der Waals surface area contributed by atoms with Gasteiger partial charge in [0.2, 0.25) is 5.91 Å². The zero-order valence-electron chi connectivity index (χ0n) is 11.4. The van der Waals surface area contributed by atoms with Crippen molar-refractivity contribution in [1.29, 1.82) is 0 Å². The molecule has 2 aliphatic rings. The monoisotopic (exact) mass is 254 g/mol. The van der Waals surface area contributed by atoms with Crippen molar-refractivity contribution in [3.8, 4) is 0 Å². The van der Waals surface area contributed by atoms with E-state index in [0.717, 1.165) is 51.6 Å². The first-order chi connectivity index (χ1) is 8.72. The number of piperidine rings is 1. The van der Waals surface area contributed by atoms with Crippen LogP contribution in [0.2, 0.25) is 0 Å². The van der Waals surface area contributed by atoms with E-state index in [9.17, 15) is 4.79 Å². The van der Waals surface area contributed by atoms with E-state index in [0.29, 0.717) is 18.0 Å². The molecule has 104 valence electrons. The Hall–Kier alpha value is -0.610. The van der Waals surface area contributed by atoms with Gasteiger partial charge in [-0.05, 0) is 52.0 Å². The lowest BCUT2D eigenvalue weighted by atomic mass is 9.91. The molecule has 3 atom stereocenters. The van der Waals surface area contributed by atoms with Crippen LogP contribution in [0.15, 0.2) is 0 Å². The third-order valence-electron chi connectivity index (χ3n) is 4.33. The van der Waals surface area contributed by atoms with Crippen LogP contribution < -0.4 is 5.32 Å². The fourth-order valence-corrected chi connectivity index (χ4v) is 3.34. The first-order valence-electron chi connectivity index (χ1n) is 7.37. The summed E-state index contributed by atoms with van der Waals surface area (Å²) >= 11 is 0. The van der Waals surface area contributed by atoms with E-state index in [-0.39, 0.29) is 12.5 Å². The Labute approximate surface area is 110 Å². The quantitative estimate of drug-likeness (QED) is 0.791. The second kappa shape index (κ2) is 6.53. The van der Waals surface area contributed by atoms with Crippen molar-refractivity contribution in [2.75, 3.05) is 19.7 Å². The van der Waals surface area contributed by atoms with Crippen LogP contribution in [0.5, 0.6) is 0 Å². The summed E-state index contributed by atoms with van der Waals surface area (Å²) in [5.41, 5.74) is 0. The molecule has 0 bridgehead atoms. The molecule has 0 saturated carbocycles. The summed E-state index contributed by atoms with van der Waals surface area (Å²) in [5.74, 6) is 0.583. The van der Waals surface area contributed by atoms with Crippen LogP contribution in [-0.2, 0) is 4.79 Å². The first-order valence-corrected chi connectivity index (χ1v) is 7.37. The standard InChI is InChI=1S/C14H26N2O2/c1-11-10-12(6-7-15-11)14(18)16-8-2-4-13(16)5-3-9-17/h11-13,15,17H,2-10H2,1H3. The normalized spacial score (nSPS) is 32.8. The van der Waals surface area contributed by atoms with Crippen LogP contribution >= 0.6 is 0 Å². The number of hydrogen-bond acceptors (Lipinski definition) is 3. The summed E-state index contributed by atoms with van der Waals surface area (Å²) < 4.78 is 0. The minimum Gasteiger partial charge on any atom is -0.396 e. The number of carbonyl (C=O) groups excluding carboxylic acids is 1. The number of nitrogens with zero attached hydrogens (tertiary/aromatic N) is 1. The molecule has 2 fully saturated rings. The molecule has 0 aromatic heterocycles. The lowest BCUT2D eigenvalue weighted by Gasteiger charge is -2.33. The number of aliphatic hydroxyl groups excluding tert-OH is 1. The average Bonchev–Trinajstić information content (AvgIpc) is 2.83. The average molecular weight is 254 g/mol. The molecule has 2 rings (SSSR count). The molecule has 0 aromatic rings. The predicted octanol–water partition coefficient (Wildman–Crippen LogP) is 1.14. The van der Waals surface area contributed by atoms with Gasteiger partial charge in [0, 0.05) is 31.2 Å². The van der Waals surface area contributed by atoms with Crippen LogP contribution in [0, 0.1) is 5.92 Å². The second-order valence-electron chi connectivity index (χ2n) is 5.77. The molecular formula is C14H26N2O2.